The van der Waals surface area contributed by atoms with E-state index in [-0.39, 0.29) is 6.17 Å². The molecule has 0 fully saturated rings. The van der Waals surface area contributed by atoms with Gasteiger partial charge in [0.1, 0.15) is 5.70 Å². The number of hydrogen-bond donors (Lipinski definition) is 0. The molecular weight excluding hydrogens is 178 g/mol. The number of hydrogen-bond acceptors (Lipinski definition) is 5. The van der Waals surface area contributed by atoms with Gasteiger partial charge in [0.15, 0.2) is 6.17 Å². The molecule has 0 aromatic heterocycles. The topological polar surface area (TPSA) is 52.7 Å². The number of fused-ring (bicyclic) bond motifs is 2. The van der Waals surface area contributed by atoms with E-state index in [4.69, 9.17) is 0 Å². The second-order valence-corrected chi connectivity index (χ2v) is 2.96. The predicted molar refractivity (Wildman–Crippen MR) is 55.8 cm³/mol. The van der Waals surface area contributed by atoms with Crippen LogP contribution in [0.15, 0.2) is 44.1 Å². The van der Waals surface area contributed by atoms with Crippen LogP contribution in [0.25, 0.3) is 0 Å². The van der Waals surface area contributed by atoms with Gasteiger partial charge in [-0.2, -0.15) is 0 Å². The monoisotopic (exact) mass is 185 g/mol. The van der Waals surface area contributed by atoms with Crippen molar-refractivity contribution in [2.24, 2.45) is 20.0 Å². The van der Waals surface area contributed by atoms with E-state index in [1.165, 1.54) is 0 Å². The largest absolute Gasteiger partial charge is 0.291 e. The minimum atomic E-state index is -0.213. The molecule has 0 amide bonds. The quantitative estimate of drug-likeness (QED) is 0.544. The summed E-state index contributed by atoms with van der Waals surface area (Å²) in [4.78, 5) is 18.7. The van der Waals surface area contributed by atoms with Crippen LogP contribution in [0.3, 0.4) is 0 Å². The lowest BCUT2D eigenvalue weighted by Crippen LogP contribution is -2.29. The maximum atomic E-state index is 4.34. The average Bonchev–Trinajstić information content (AvgIpc) is 2.26. The van der Waals surface area contributed by atoms with Crippen molar-refractivity contribution in [3.8, 4) is 0 Å². The summed E-state index contributed by atoms with van der Waals surface area (Å²) < 4.78 is 0. The molecule has 3 aliphatic rings. The lowest BCUT2D eigenvalue weighted by Gasteiger charge is -2.25. The summed E-state index contributed by atoms with van der Waals surface area (Å²) in [5.74, 6) is 0.663. The summed E-state index contributed by atoms with van der Waals surface area (Å²) in [5.41, 5.74) is 0.845. The molecule has 1 atom stereocenters. The first kappa shape index (κ1) is 7.37. The maximum absolute atomic E-state index is 4.34. The van der Waals surface area contributed by atoms with Gasteiger partial charge in [0, 0.05) is 31.0 Å². The highest BCUT2D eigenvalue weighted by Gasteiger charge is 2.22. The van der Waals surface area contributed by atoms with Crippen molar-refractivity contribution < 1.29 is 0 Å². The van der Waals surface area contributed by atoms with E-state index in [0.29, 0.717) is 5.96 Å². The Morgan fingerprint density at radius 1 is 1.14 bits per heavy atom. The minimum absolute atomic E-state index is 0.213. The van der Waals surface area contributed by atoms with Crippen LogP contribution >= 0.6 is 0 Å². The number of aliphatic imine (C=N–C) groups is 4. The zero-order chi connectivity index (χ0) is 9.38. The van der Waals surface area contributed by atoms with E-state index in [2.05, 4.69) is 20.0 Å². The molecular formula is C9H7N5. The fourth-order valence-corrected chi connectivity index (χ4v) is 1.41. The molecule has 0 saturated carbocycles. The van der Waals surface area contributed by atoms with E-state index >= 15 is 0 Å². The van der Waals surface area contributed by atoms with Gasteiger partial charge in [-0.15, -0.1) is 0 Å². The summed E-state index contributed by atoms with van der Waals surface area (Å²) in [6.07, 6.45) is 10.5. The number of guanidine groups is 1. The van der Waals surface area contributed by atoms with Crippen LogP contribution in [0.4, 0.5) is 0 Å². The lowest BCUT2D eigenvalue weighted by molar-refractivity contribution is 0.650. The molecule has 0 radical (unpaired) electrons. The Labute approximate surface area is 80.6 Å². The highest BCUT2D eigenvalue weighted by molar-refractivity contribution is 6.17. The first-order valence-corrected chi connectivity index (χ1v) is 4.28. The number of rotatable bonds is 0. The summed E-state index contributed by atoms with van der Waals surface area (Å²) >= 11 is 0. The van der Waals surface area contributed by atoms with Crippen molar-refractivity contribution in [2.75, 3.05) is 0 Å². The summed E-state index contributed by atoms with van der Waals surface area (Å²) in [6, 6.07) is 0. The highest BCUT2D eigenvalue weighted by Crippen LogP contribution is 2.20. The first-order chi connectivity index (χ1) is 6.93. The summed E-state index contributed by atoms with van der Waals surface area (Å²) in [6.45, 7) is 0. The van der Waals surface area contributed by atoms with Crippen LogP contribution in [0.5, 0.6) is 0 Å². The second-order valence-electron chi connectivity index (χ2n) is 2.96. The Kier molecular flexibility index (Phi) is 1.44. The number of nitrogens with zero attached hydrogens (tertiary/aromatic N) is 5. The van der Waals surface area contributed by atoms with E-state index in [9.17, 15) is 0 Å². The first-order valence-electron chi connectivity index (χ1n) is 4.28. The van der Waals surface area contributed by atoms with Gasteiger partial charge >= 0.3 is 0 Å². The molecule has 68 valence electrons. The second kappa shape index (κ2) is 2.73. The SMILES string of the molecule is C1=CN2C=C3N=CC=NC3N=C2N=C1. The Bertz CT molecular complexity index is 396. The Morgan fingerprint density at radius 3 is 3.14 bits per heavy atom. The molecule has 14 heavy (non-hydrogen) atoms. The molecule has 5 heteroatoms. The van der Waals surface area contributed by atoms with Gasteiger partial charge in [-0.1, -0.05) is 0 Å². The third kappa shape index (κ3) is 1.02. The van der Waals surface area contributed by atoms with Gasteiger partial charge in [0.2, 0.25) is 5.96 Å². The van der Waals surface area contributed by atoms with Crippen molar-refractivity contribution in [1.29, 1.82) is 0 Å². The standard InChI is InChI=1S/C9H7N5/c1-2-12-9-13-8-7(6-14(9)5-1)10-3-4-11-8/h1-6,8H. The van der Waals surface area contributed by atoms with Gasteiger partial charge in [0.25, 0.3) is 0 Å². The van der Waals surface area contributed by atoms with Crippen molar-refractivity contribution in [2.45, 2.75) is 6.17 Å². The molecule has 1 unspecified atom stereocenters. The smallest absolute Gasteiger partial charge is 0.231 e. The summed E-state index contributed by atoms with van der Waals surface area (Å²) in [5, 5.41) is 0. The van der Waals surface area contributed by atoms with Crippen LogP contribution in [0.1, 0.15) is 0 Å². The molecule has 5 nitrogen and oxygen atoms in total. The Balaban J connectivity index is 2.04. The van der Waals surface area contributed by atoms with E-state index < -0.39 is 0 Å². The molecule has 0 spiro atoms. The molecule has 0 bridgehead atoms. The van der Waals surface area contributed by atoms with E-state index in [0.717, 1.165) is 5.70 Å². The van der Waals surface area contributed by atoms with Crippen LogP contribution in [-0.2, 0) is 0 Å². The lowest BCUT2D eigenvalue weighted by atomic mass is 10.3. The molecule has 3 aliphatic heterocycles. The Morgan fingerprint density at radius 2 is 2.14 bits per heavy atom. The molecule has 0 aromatic rings. The summed E-state index contributed by atoms with van der Waals surface area (Å²) in [7, 11) is 0. The normalized spacial score (nSPS) is 26.9. The Hall–Kier alpha value is -2.04. The molecule has 0 saturated heterocycles. The fraction of sp³-hybridized carbons (Fsp3) is 0.111. The van der Waals surface area contributed by atoms with Crippen LogP contribution < -0.4 is 0 Å². The zero-order valence-electron chi connectivity index (χ0n) is 7.28. The third-order valence-electron chi connectivity index (χ3n) is 2.04. The van der Waals surface area contributed by atoms with E-state index in [1.807, 2.05) is 23.4 Å². The maximum Gasteiger partial charge on any atom is 0.231 e. The van der Waals surface area contributed by atoms with Gasteiger partial charge in [-0.05, 0) is 6.08 Å². The van der Waals surface area contributed by atoms with Crippen LogP contribution in [0, 0.1) is 0 Å². The van der Waals surface area contributed by atoms with Gasteiger partial charge in [-0.25, -0.2) is 9.98 Å². The molecule has 0 aliphatic carbocycles. The van der Waals surface area contributed by atoms with Gasteiger partial charge in [0.05, 0.1) is 0 Å². The van der Waals surface area contributed by atoms with Crippen molar-refractivity contribution in [3.05, 3.63) is 24.2 Å². The van der Waals surface area contributed by atoms with E-state index in [1.54, 1.807) is 18.6 Å². The highest BCUT2D eigenvalue weighted by atomic mass is 15.3. The van der Waals surface area contributed by atoms with Gasteiger partial charge < -0.3 is 0 Å². The predicted octanol–water partition coefficient (Wildman–Crippen LogP) is 0.579. The zero-order valence-corrected chi connectivity index (χ0v) is 7.28. The third-order valence-corrected chi connectivity index (χ3v) is 2.04. The molecule has 0 aromatic carbocycles. The van der Waals surface area contributed by atoms with Crippen LogP contribution in [0.2, 0.25) is 0 Å². The molecule has 3 heterocycles. The minimum Gasteiger partial charge on any atom is -0.291 e. The fourth-order valence-electron chi connectivity index (χ4n) is 1.41. The average molecular weight is 185 g/mol. The van der Waals surface area contributed by atoms with Crippen LogP contribution in [-0.4, -0.2) is 35.7 Å². The molecule has 3 rings (SSSR count). The number of allylic oxidation sites excluding steroid dienone is 1. The van der Waals surface area contributed by atoms with Crippen molar-refractivity contribution in [3.63, 3.8) is 0 Å². The van der Waals surface area contributed by atoms with Gasteiger partial charge in [-0.3, -0.25) is 14.9 Å². The molecule has 0 N–H and O–H groups in total. The van der Waals surface area contributed by atoms with Crippen molar-refractivity contribution >= 4 is 24.6 Å². The van der Waals surface area contributed by atoms with Crippen molar-refractivity contribution in [1.82, 2.24) is 4.90 Å².